The van der Waals surface area contributed by atoms with Gasteiger partial charge in [-0.15, -0.1) is 0 Å². The van der Waals surface area contributed by atoms with Crippen LogP contribution in [0.5, 0.6) is 0 Å². The Morgan fingerprint density at radius 2 is 1.95 bits per heavy atom. The van der Waals surface area contributed by atoms with Gasteiger partial charge in [0.1, 0.15) is 0 Å². The molecule has 0 amide bonds. The number of piperidine rings is 1. The predicted molar refractivity (Wildman–Crippen MR) is 78.3 cm³/mol. The molecule has 3 nitrogen and oxygen atoms in total. The van der Waals surface area contributed by atoms with Gasteiger partial charge in [0.2, 0.25) is 0 Å². The first kappa shape index (κ1) is 14.5. The van der Waals surface area contributed by atoms with E-state index in [0.717, 1.165) is 30.6 Å². The van der Waals surface area contributed by atoms with Gasteiger partial charge in [-0.1, -0.05) is 6.07 Å². The van der Waals surface area contributed by atoms with E-state index in [-0.39, 0.29) is 0 Å². The fourth-order valence-corrected chi connectivity index (χ4v) is 3.77. The first-order valence-electron chi connectivity index (χ1n) is 6.89. The van der Waals surface area contributed by atoms with Crippen molar-refractivity contribution in [1.29, 1.82) is 0 Å². The molecule has 1 aliphatic rings. The van der Waals surface area contributed by atoms with Gasteiger partial charge in [-0.05, 0) is 74.9 Å². The van der Waals surface area contributed by atoms with Gasteiger partial charge in [-0.2, -0.15) is 0 Å². The molecule has 2 rings (SSSR count). The summed E-state index contributed by atoms with van der Waals surface area (Å²) in [5, 5.41) is 3.39. The van der Waals surface area contributed by atoms with Crippen LogP contribution in [0, 0.1) is 19.8 Å². The Kier molecular flexibility index (Phi) is 4.31. The van der Waals surface area contributed by atoms with Crippen LogP contribution >= 0.6 is 0 Å². The second-order valence-corrected chi connectivity index (χ2v) is 7.72. The van der Waals surface area contributed by atoms with Crippen molar-refractivity contribution in [2.75, 3.05) is 19.3 Å². The normalized spacial score (nSPS) is 20.5. The van der Waals surface area contributed by atoms with Crippen molar-refractivity contribution in [2.45, 2.75) is 38.0 Å². The molecular weight excluding hydrogens is 258 g/mol. The zero-order chi connectivity index (χ0) is 14.0. The highest BCUT2D eigenvalue weighted by molar-refractivity contribution is 7.90. The van der Waals surface area contributed by atoms with Crippen LogP contribution in [0.1, 0.15) is 29.5 Å². The number of hydrogen-bond donors (Lipinski definition) is 1. The van der Waals surface area contributed by atoms with Gasteiger partial charge in [0.15, 0.2) is 9.84 Å². The molecule has 0 spiro atoms. The smallest absolute Gasteiger partial charge is 0.175 e. The third-order valence-electron chi connectivity index (χ3n) is 3.98. The Hall–Kier alpha value is -0.870. The number of nitrogens with one attached hydrogen (secondary N) is 1. The minimum absolute atomic E-state index is 0.515. The van der Waals surface area contributed by atoms with E-state index < -0.39 is 9.84 Å². The Bertz CT molecular complexity index is 558. The molecule has 1 unspecified atom stereocenters. The van der Waals surface area contributed by atoms with E-state index in [2.05, 4.69) is 11.4 Å². The topological polar surface area (TPSA) is 46.2 Å². The molecular formula is C15H23NO2S. The van der Waals surface area contributed by atoms with E-state index in [9.17, 15) is 8.42 Å². The summed E-state index contributed by atoms with van der Waals surface area (Å²) in [6.07, 6.45) is 4.53. The molecule has 0 bridgehead atoms. The molecule has 4 heteroatoms. The average molecular weight is 281 g/mol. The maximum absolute atomic E-state index is 11.9. The molecule has 0 radical (unpaired) electrons. The number of hydrogen-bond acceptors (Lipinski definition) is 3. The van der Waals surface area contributed by atoms with E-state index in [1.54, 1.807) is 0 Å². The summed E-state index contributed by atoms with van der Waals surface area (Å²) >= 11 is 0. The van der Waals surface area contributed by atoms with E-state index in [4.69, 9.17) is 0 Å². The molecule has 0 aromatic heterocycles. The van der Waals surface area contributed by atoms with Crippen LogP contribution in [0.2, 0.25) is 0 Å². The lowest BCUT2D eigenvalue weighted by Gasteiger charge is -2.24. The van der Waals surface area contributed by atoms with Gasteiger partial charge in [0.05, 0.1) is 4.90 Å². The Balaban J connectivity index is 2.34. The lowest BCUT2D eigenvalue weighted by Crippen LogP contribution is -2.31. The van der Waals surface area contributed by atoms with E-state index in [0.29, 0.717) is 10.8 Å². The van der Waals surface area contributed by atoms with Crippen LogP contribution in [-0.4, -0.2) is 27.8 Å². The molecule has 106 valence electrons. The van der Waals surface area contributed by atoms with Crippen molar-refractivity contribution in [3.05, 3.63) is 28.8 Å². The molecule has 1 aromatic rings. The molecule has 1 N–H and O–H groups in total. The van der Waals surface area contributed by atoms with Gasteiger partial charge in [0, 0.05) is 6.26 Å². The maximum atomic E-state index is 11.9. The summed E-state index contributed by atoms with van der Waals surface area (Å²) in [4.78, 5) is 0.515. The Labute approximate surface area is 116 Å². The predicted octanol–water partition coefficient (Wildman–Crippen LogP) is 2.25. The van der Waals surface area contributed by atoms with Crippen molar-refractivity contribution < 1.29 is 8.42 Å². The van der Waals surface area contributed by atoms with Crippen LogP contribution in [0.15, 0.2) is 17.0 Å². The Morgan fingerprint density at radius 1 is 1.26 bits per heavy atom. The lowest BCUT2D eigenvalue weighted by atomic mass is 9.91. The summed E-state index contributed by atoms with van der Waals surface area (Å²) in [6.45, 7) is 6.10. The number of sulfone groups is 1. The fraction of sp³-hybridized carbons (Fsp3) is 0.600. The lowest BCUT2D eigenvalue weighted by molar-refractivity contribution is 0.374. The SMILES string of the molecule is Cc1cc(CC2CCCNC2)c(S(C)(=O)=O)cc1C. The van der Waals surface area contributed by atoms with Crippen LogP contribution < -0.4 is 5.32 Å². The molecule has 19 heavy (non-hydrogen) atoms. The van der Waals surface area contributed by atoms with E-state index in [1.807, 2.05) is 19.9 Å². The zero-order valence-corrected chi connectivity index (χ0v) is 12.8. The Morgan fingerprint density at radius 3 is 2.53 bits per heavy atom. The first-order valence-corrected chi connectivity index (χ1v) is 8.78. The van der Waals surface area contributed by atoms with Crippen LogP contribution in [0.25, 0.3) is 0 Å². The maximum Gasteiger partial charge on any atom is 0.175 e. The monoisotopic (exact) mass is 281 g/mol. The van der Waals surface area contributed by atoms with Crippen molar-refractivity contribution >= 4 is 9.84 Å². The molecule has 1 aliphatic heterocycles. The highest BCUT2D eigenvalue weighted by Crippen LogP contribution is 2.25. The molecule has 1 aromatic carbocycles. The van der Waals surface area contributed by atoms with Gasteiger partial charge < -0.3 is 5.32 Å². The molecule has 0 saturated carbocycles. The average Bonchev–Trinajstić information content (AvgIpc) is 2.33. The van der Waals surface area contributed by atoms with Crippen molar-refractivity contribution in [2.24, 2.45) is 5.92 Å². The summed E-state index contributed by atoms with van der Waals surface area (Å²) in [6, 6.07) is 3.89. The summed E-state index contributed by atoms with van der Waals surface area (Å²) < 4.78 is 23.9. The molecule has 1 fully saturated rings. The van der Waals surface area contributed by atoms with Gasteiger partial charge in [-0.25, -0.2) is 8.42 Å². The summed E-state index contributed by atoms with van der Waals surface area (Å²) in [5.41, 5.74) is 3.21. The minimum atomic E-state index is -3.14. The molecule has 1 saturated heterocycles. The van der Waals surface area contributed by atoms with Crippen molar-refractivity contribution in [1.82, 2.24) is 5.32 Å². The van der Waals surface area contributed by atoms with Gasteiger partial charge in [-0.3, -0.25) is 0 Å². The fourth-order valence-electron chi connectivity index (χ4n) is 2.76. The largest absolute Gasteiger partial charge is 0.316 e. The van der Waals surface area contributed by atoms with Crippen molar-refractivity contribution in [3.63, 3.8) is 0 Å². The highest BCUT2D eigenvalue weighted by atomic mass is 32.2. The molecule has 1 atom stereocenters. The van der Waals surface area contributed by atoms with Gasteiger partial charge >= 0.3 is 0 Å². The molecule has 1 heterocycles. The standard InChI is InChI=1S/C15H23NO2S/c1-11-7-14(9-13-5-4-6-16-10-13)15(8-12(11)2)19(3,17)18/h7-8,13,16H,4-6,9-10H2,1-3H3. The second kappa shape index (κ2) is 5.63. The minimum Gasteiger partial charge on any atom is -0.316 e. The van der Waals surface area contributed by atoms with Crippen LogP contribution in [-0.2, 0) is 16.3 Å². The third kappa shape index (κ3) is 3.57. The number of benzene rings is 1. The number of rotatable bonds is 3. The third-order valence-corrected chi connectivity index (χ3v) is 5.16. The summed E-state index contributed by atoms with van der Waals surface area (Å²) in [7, 11) is -3.14. The molecule has 0 aliphatic carbocycles. The quantitative estimate of drug-likeness (QED) is 0.924. The van der Waals surface area contributed by atoms with Gasteiger partial charge in [0.25, 0.3) is 0 Å². The van der Waals surface area contributed by atoms with E-state index >= 15 is 0 Å². The van der Waals surface area contributed by atoms with E-state index in [1.165, 1.54) is 24.7 Å². The zero-order valence-electron chi connectivity index (χ0n) is 12.0. The first-order chi connectivity index (χ1) is 8.88. The summed E-state index contributed by atoms with van der Waals surface area (Å²) in [5.74, 6) is 0.552. The number of aryl methyl sites for hydroxylation is 2. The second-order valence-electron chi connectivity index (χ2n) is 5.73. The van der Waals surface area contributed by atoms with Crippen LogP contribution in [0.3, 0.4) is 0 Å². The highest BCUT2D eigenvalue weighted by Gasteiger charge is 2.19. The van der Waals surface area contributed by atoms with Crippen LogP contribution in [0.4, 0.5) is 0 Å². The van der Waals surface area contributed by atoms with Crippen molar-refractivity contribution in [3.8, 4) is 0 Å².